The molecule has 1 aromatic rings. The van der Waals surface area contributed by atoms with Gasteiger partial charge in [-0.15, -0.1) is 11.8 Å². The average Bonchev–Trinajstić information content (AvgIpc) is 2.65. The summed E-state index contributed by atoms with van der Waals surface area (Å²) in [6.07, 6.45) is 6.14. The maximum Gasteiger partial charge on any atom is 0.337 e. The second-order valence-electron chi connectivity index (χ2n) is 5.34. The molecule has 0 radical (unpaired) electrons. The monoisotopic (exact) mass is 358 g/mol. The van der Waals surface area contributed by atoms with Gasteiger partial charge in [-0.2, -0.15) is 0 Å². The molecule has 0 heterocycles. The molecule has 142 valence electrons. The highest BCUT2D eigenvalue weighted by atomic mass is 16.5. The summed E-state index contributed by atoms with van der Waals surface area (Å²) < 4.78 is 9.14. The van der Waals surface area contributed by atoms with Gasteiger partial charge in [0.1, 0.15) is 0 Å². The molecule has 1 rings (SSSR count). The molecule has 0 fully saturated rings. The topological polar surface area (TPSA) is 52.6 Å². The first kappa shape index (κ1) is 25.4. The molecule has 0 aliphatic rings. The summed E-state index contributed by atoms with van der Waals surface area (Å²) in [5.74, 6) is 4.42. The van der Waals surface area contributed by atoms with E-state index in [0.717, 1.165) is 5.56 Å². The Balaban J connectivity index is 0. The predicted molar refractivity (Wildman–Crippen MR) is 107 cm³/mol. The summed E-state index contributed by atoms with van der Waals surface area (Å²) in [6, 6.07) is 4.75. The molecule has 0 spiro atoms. The van der Waals surface area contributed by atoms with Crippen LogP contribution in [0.25, 0.3) is 0 Å². The zero-order valence-corrected chi connectivity index (χ0v) is 17.1. The molecule has 0 unspecified atom stereocenters. The lowest BCUT2D eigenvalue weighted by molar-refractivity contribution is 0.0599. The number of methoxy groups -OCH3 is 2. The van der Waals surface area contributed by atoms with Crippen LogP contribution in [0.2, 0.25) is 0 Å². The second kappa shape index (κ2) is 15.7. The second-order valence-corrected chi connectivity index (χ2v) is 5.34. The van der Waals surface area contributed by atoms with E-state index < -0.39 is 11.9 Å². The molecule has 26 heavy (non-hydrogen) atoms. The fourth-order valence-corrected chi connectivity index (χ4v) is 1.54. The van der Waals surface area contributed by atoms with Crippen LogP contribution in [-0.2, 0) is 9.47 Å². The minimum atomic E-state index is -0.469. The minimum absolute atomic E-state index is 0.345. The molecule has 4 nitrogen and oxygen atoms in total. The minimum Gasteiger partial charge on any atom is -0.465 e. The number of ether oxygens (including phenoxy) is 2. The van der Waals surface area contributed by atoms with Crippen LogP contribution in [0, 0.1) is 18.8 Å². The molecule has 0 N–H and O–H groups in total. The Labute approximate surface area is 157 Å². The van der Waals surface area contributed by atoms with Gasteiger partial charge < -0.3 is 9.47 Å². The van der Waals surface area contributed by atoms with Gasteiger partial charge in [0.2, 0.25) is 0 Å². The van der Waals surface area contributed by atoms with Gasteiger partial charge in [0.05, 0.1) is 25.3 Å². The summed E-state index contributed by atoms with van der Waals surface area (Å²) in [4.78, 5) is 22.5. The number of carbonyl (C=O) groups is 2. The molecule has 1 aromatic carbocycles. The third-order valence-corrected chi connectivity index (χ3v) is 2.79. The number of hydrogen-bond donors (Lipinski definition) is 0. The standard InChI is InChI=1S/C11H12O4.C7H12.C4H6/c1-7-4-8(10(12)14-2)6-9(5-7)11(13)15-3;1-4-5-6-7(2)3;1-3-4-2/h4-6H,1-3H3;4-6H,1-3H3;1-2H3/b;5-4-;. The molecule has 0 amide bonds. The number of hydrogen-bond acceptors (Lipinski definition) is 4. The molecule has 0 saturated heterocycles. The number of benzene rings is 1. The number of esters is 2. The van der Waals surface area contributed by atoms with Crippen LogP contribution in [-0.4, -0.2) is 26.2 Å². The van der Waals surface area contributed by atoms with Crippen LogP contribution in [0.3, 0.4) is 0 Å². The van der Waals surface area contributed by atoms with Gasteiger partial charge in [-0.3, -0.25) is 0 Å². The lowest BCUT2D eigenvalue weighted by atomic mass is 10.1. The van der Waals surface area contributed by atoms with E-state index in [0.29, 0.717) is 11.1 Å². The van der Waals surface area contributed by atoms with Gasteiger partial charge in [0.15, 0.2) is 0 Å². The largest absolute Gasteiger partial charge is 0.465 e. The molecule has 0 aliphatic carbocycles. The first-order chi connectivity index (χ1) is 12.3. The fraction of sp³-hybridized carbons (Fsp3) is 0.364. The van der Waals surface area contributed by atoms with Crippen molar-refractivity contribution < 1.29 is 19.1 Å². The Morgan fingerprint density at radius 2 is 1.35 bits per heavy atom. The summed E-state index contributed by atoms with van der Waals surface area (Å²) in [6.45, 7) is 11.6. The van der Waals surface area contributed by atoms with Crippen LogP contribution in [0.4, 0.5) is 0 Å². The molecule has 0 atom stereocenters. The van der Waals surface area contributed by atoms with Crippen molar-refractivity contribution in [2.24, 2.45) is 0 Å². The van der Waals surface area contributed by atoms with Crippen molar-refractivity contribution in [3.63, 3.8) is 0 Å². The van der Waals surface area contributed by atoms with Crippen molar-refractivity contribution in [1.82, 2.24) is 0 Å². The molecular weight excluding hydrogens is 328 g/mol. The Morgan fingerprint density at radius 1 is 0.923 bits per heavy atom. The van der Waals surface area contributed by atoms with Gasteiger partial charge in [0, 0.05) is 0 Å². The maximum atomic E-state index is 11.3. The van der Waals surface area contributed by atoms with Crippen molar-refractivity contribution in [2.75, 3.05) is 14.2 Å². The van der Waals surface area contributed by atoms with Gasteiger partial charge in [-0.05, 0) is 65.3 Å². The Hall–Kier alpha value is -2.80. The van der Waals surface area contributed by atoms with Crippen LogP contribution < -0.4 is 0 Å². The number of allylic oxidation sites excluding steroid dienone is 4. The molecule has 4 heteroatoms. The van der Waals surface area contributed by atoms with Crippen LogP contribution in [0.5, 0.6) is 0 Å². The molecule has 0 aliphatic heterocycles. The zero-order valence-electron chi connectivity index (χ0n) is 17.1. The van der Waals surface area contributed by atoms with Gasteiger partial charge in [0.25, 0.3) is 0 Å². The normalized spacial score (nSPS) is 8.62. The van der Waals surface area contributed by atoms with E-state index in [1.54, 1.807) is 19.1 Å². The van der Waals surface area contributed by atoms with Crippen molar-refractivity contribution in [2.45, 2.75) is 41.5 Å². The summed E-state index contributed by atoms with van der Waals surface area (Å²) in [7, 11) is 2.59. The van der Waals surface area contributed by atoms with E-state index in [1.807, 2.05) is 32.9 Å². The van der Waals surface area contributed by atoms with Gasteiger partial charge in [-0.25, -0.2) is 9.59 Å². The van der Waals surface area contributed by atoms with E-state index in [2.05, 4.69) is 41.2 Å². The Morgan fingerprint density at radius 3 is 1.58 bits per heavy atom. The molecule has 0 bridgehead atoms. The number of carbonyl (C=O) groups excluding carboxylic acids is 2. The first-order valence-electron chi connectivity index (χ1n) is 8.15. The van der Waals surface area contributed by atoms with Gasteiger partial charge >= 0.3 is 11.9 Å². The molecular formula is C22H30O4. The summed E-state index contributed by atoms with van der Waals surface area (Å²) in [5, 5.41) is 0. The highest BCUT2D eigenvalue weighted by molar-refractivity contribution is 5.95. The number of rotatable bonds is 3. The summed E-state index contributed by atoms with van der Waals surface area (Å²) in [5.41, 5.74) is 2.84. The first-order valence-corrected chi connectivity index (χ1v) is 8.15. The molecule has 0 aromatic heterocycles. The zero-order chi connectivity index (χ0) is 20.5. The highest BCUT2D eigenvalue weighted by Gasteiger charge is 2.11. The quantitative estimate of drug-likeness (QED) is 0.427. The van der Waals surface area contributed by atoms with E-state index >= 15 is 0 Å². The molecule has 0 saturated carbocycles. The number of aryl methyl sites for hydroxylation is 1. The lowest BCUT2D eigenvalue weighted by Crippen LogP contribution is -2.06. The predicted octanol–water partition coefficient (Wildman–Crippen LogP) is 5.13. The Bertz CT molecular complexity index is 642. The van der Waals surface area contributed by atoms with Crippen molar-refractivity contribution >= 4 is 11.9 Å². The van der Waals surface area contributed by atoms with E-state index in [9.17, 15) is 9.59 Å². The van der Waals surface area contributed by atoms with E-state index in [1.165, 1.54) is 25.9 Å². The maximum absolute atomic E-state index is 11.3. The third-order valence-electron chi connectivity index (χ3n) is 2.79. The van der Waals surface area contributed by atoms with Crippen molar-refractivity contribution in [3.05, 3.63) is 58.7 Å². The van der Waals surface area contributed by atoms with Crippen molar-refractivity contribution in [1.29, 1.82) is 0 Å². The smallest absolute Gasteiger partial charge is 0.337 e. The van der Waals surface area contributed by atoms with E-state index in [4.69, 9.17) is 0 Å². The van der Waals surface area contributed by atoms with Crippen LogP contribution in [0.1, 0.15) is 60.9 Å². The highest BCUT2D eigenvalue weighted by Crippen LogP contribution is 2.11. The van der Waals surface area contributed by atoms with Gasteiger partial charge in [-0.1, -0.05) is 23.8 Å². The Kier molecular flexibility index (Phi) is 15.4. The average molecular weight is 358 g/mol. The van der Waals surface area contributed by atoms with E-state index in [-0.39, 0.29) is 0 Å². The summed E-state index contributed by atoms with van der Waals surface area (Å²) >= 11 is 0. The van der Waals surface area contributed by atoms with Crippen LogP contribution in [0.15, 0.2) is 42.0 Å². The fourth-order valence-electron chi connectivity index (χ4n) is 1.54. The van der Waals surface area contributed by atoms with Crippen LogP contribution >= 0.6 is 0 Å². The SMILES string of the molecule is C/C=C\C=C(C)C.CC#CC.COC(=O)c1cc(C)cc(C(=O)OC)c1. The third kappa shape index (κ3) is 12.6. The van der Waals surface area contributed by atoms with Crippen molar-refractivity contribution in [3.8, 4) is 11.8 Å². The lowest BCUT2D eigenvalue weighted by Gasteiger charge is -2.04.